The summed E-state index contributed by atoms with van der Waals surface area (Å²) in [6.07, 6.45) is 5.47. The van der Waals surface area contributed by atoms with Gasteiger partial charge in [0.1, 0.15) is 0 Å². The summed E-state index contributed by atoms with van der Waals surface area (Å²) in [6.45, 7) is 2.26. The van der Waals surface area contributed by atoms with E-state index in [0.717, 1.165) is 38.9 Å². The van der Waals surface area contributed by atoms with E-state index >= 15 is 0 Å². The van der Waals surface area contributed by atoms with Crippen LogP contribution in [-0.2, 0) is 20.8 Å². The predicted molar refractivity (Wildman–Crippen MR) is 72.7 cm³/mol. The van der Waals surface area contributed by atoms with Crippen LogP contribution < -0.4 is 0 Å². The molecular weight excluding hydrogens is 240 g/mol. The highest BCUT2D eigenvalue weighted by Gasteiger charge is 2.40. The molecule has 19 heavy (non-hydrogen) atoms. The summed E-state index contributed by atoms with van der Waals surface area (Å²) in [5, 5.41) is 0. The SMILES string of the molecule is c1ccc(CO[C@@H]2CCO[C@]3(CCCCO3)C2)cc1. The first kappa shape index (κ1) is 13.1. The molecule has 2 aliphatic rings. The molecule has 1 aromatic carbocycles. The van der Waals surface area contributed by atoms with Crippen LogP contribution in [0.1, 0.15) is 37.7 Å². The molecule has 2 saturated heterocycles. The molecule has 3 nitrogen and oxygen atoms in total. The van der Waals surface area contributed by atoms with Gasteiger partial charge in [0.05, 0.1) is 25.9 Å². The monoisotopic (exact) mass is 262 g/mol. The Hall–Kier alpha value is -0.900. The summed E-state index contributed by atoms with van der Waals surface area (Å²) in [5.41, 5.74) is 1.23. The summed E-state index contributed by atoms with van der Waals surface area (Å²) >= 11 is 0. The molecule has 2 aliphatic heterocycles. The van der Waals surface area contributed by atoms with Crippen molar-refractivity contribution in [3.63, 3.8) is 0 Å². The third-order valence-electron chi connectivity index (χ3n) is 3.99. The molecule has 0 aromatic heterocycles. The first-order chi connectivity index (χ1) is 9.36. The van der Waals surface area contributed by atoms with E-state index in [0.29, 0.717) is 6.61 Å². The van der Waals surface area contributed by atoms with Crippen LogP contribution in [0.2, 0.25) is 0 Å². The van der Waals surface area contributed by atoms with E-state index in [4.69, 9.17) is 14.2 Å². The van der Waals surface area contributed by atoms with Crippen LogP contribution >= 0.6 is 0 Å². The van der Waals surface area contributed by atoms with Gasteiger partial charge in [-0.1, -0.05) is 30.3 Å². The van der Waals surface area contributed by atoms with Gasteiger partial charge in [-0.25, -0.2) is 0 Å². The van der Waals surface area contributed by atoms with Crippen molar-refractivity contribution in [2.45, 2.75) is 50.6 Å². The minimum atomic E-state index is -0.349. The molecule has 2 atom stereocenters. The second kappa shape index (κ2) is 6.04. The van der Waals surface area contributed by atoms with E-state index in [9.17, 15) is 0 Å². The van der Waals surface area contributed by atoms with Crippen LogP contribution in [-0.4, -0.2) is 25.1 Å². The Morgan fingerprint density at radius 3 is 2.74 bits per heavy atom. The lowest BCUT2D eigenvalue weighted by atomic mass is 9.95. The Balaban J connectivity index is 1.53. The maximum absolute atomic E-state index is 6.04. The molecule has 0 saturated carbocycles. The Labute approximate surface area is 114 Å². The maximum atomic E-state index is 6.04. The number of benzene rings is 1. The van der Waals surface area contributed by atoms with Gasteiger partial charge in [-0.05, 0) is 24.8 Å². The van der Waals surface area contributed by atoms with Gasteiger partial charge in [0.2, 0.25) is 0 Å². The lowest BCUT2D eigenvalue weighted by Crippen LogP contribution is -2.46. The fraction of sp³-hybridized carbons (Fsp3) is 0.625. The van der Waals surface area contributed by atoms with Crippen molar-refractivity contribution in [1.29, 1.82) is 0 Å². The lowest BCUT2D eigenvalue weighted by molar-refractivity contribution is -0.290. The Kier molecular flexibility index (Phi) is 4.16. The van der Waals surface area contributed by atoms with Crippen molar-refractivity contribution in [3.05, 3.63) is 35.9 Å². The molecule has 2 heterocycles. The van der Waals surface area contributed by atoms with Crippen LogP contribution in [0.15, 0.2) is 30.3 Å². The van der Waals surface area contributed by atoms with Crippen LogP contribution in [0.25, 0.3) is 0 Å². The highest BCUT2D eigenvalue weighted by atomic mass is 16.7. The fourth-order valence-corrected chi connectivity index (χ4v) is 2.92. The average Bonchev–Trinajstić information content (AvgIpc) is 2.47. The Bertz CT molecular complexity index is 379. The quantitative estimate of drug-likeness (QED) is 0.836. The zero-order valence-corrected chi connectivity index (χ0v) is 11.3. The molecule has 1 aromatic rings. The van der Waals surface area contributed by atoms with E-state index in [-0.39, 0.29) is 11.9 Å². The van der Waals surface area contributed by atoms with Gasteiger partial charge in [-0.3, -0.25) is 0 Å². The van der Waals surface area contributed by atoms with E-state index in [2.05, 4.69) is 24.3 Å². The molecule has 0 N–H and O–H groups in total. The van der Waals surface area contributed by atoms with Crippen molar-refractivity contribution in [2.24, 2.45) is 0 Å². The molecule has 3 rings (SSSR count). The van der Waals surface area contributed by atoms with Crippen molar-refractivity contribution >= 4 is 0 Å². The highest BCUT2D eigenvalue weighted by molar-refractivity contribution is 5.13. The van der Waals surface area contributed by atoms with Gasteiger partial charge >= 0.3 is 0 Å². The number of hydrogen-bond donors (Lipinski definition) is 0. The third-order valence-corrected chi connectivity index (χ3v) is 3.99. The molecule has 1 spiro atoms. The summed E-state index contributed by atoms with van der Waals surface area (Å²) in [6, 6.07) is 10.3. The van der Waals surface area contributed by atoms with Crippen LogP contribution in [0, 0.1) is 0 Å². The van der Waals surface area contributed by atoms with E-state index < -0.39 is 0 Å². The summed E-state index contributed by atoms with van der Waals surface area (Å²) in [4.78, 5) is 0. The Morgan fingerprint density at radius 2 is 1.95 bits per heavy atom. The van der Waals surface area contributed by atoms with Gasteiger partial charge in [-0.15, -0.1) is 0 Å². The van der Waals surface area contributed by atoms with Crippen molar-refractivity contribution in [1.82, 2.24) is 0 Å². The van der Waals surface area contributed by atoms with Crippen molar-refractivity contribution in [2.75, 3.05) is 13.2 Å². The molecule has 0 unspecified atom stereocenters. The molecule has 104 valence electrons. The van der Waals surface area contributed by atoms with Crippen LogP contribution in [0.3, 0.4) is 0 Å². The zero-order chi connectivity index (χ0) is 13.0. The van der Waals surface area contributed by atoms with Crippen molar-refractivity contribution < 1.29 is 14.2 Å². The van der Waals surface area contributed by atoms with Gasteiger partial charge in [0.25, 0.3) is 0 Å². The second-order valence-corrected chi connectivity index (χ2v) is 5.48. The van der Waals surface area contributed by atoms with Crippen LogP contribution in [0.5, 0.6) is 0 Å². The smallest absolute Gasteiger partial charge is 0.170 e. The second-order valence-electron chi connectivity index (χ2n) is 5.48. The molecule has 0 radical (unpaired) electrons. The van der Waals surface area contributed by atoms with Gasteiger partial charge < -0.3 is 14.2 Å². The van der Waals surface area contributed by atoms with Crippen molar-refractivity contribution in [3.8, 4) is 0 Å². The van der Waals surface area contributed by atoms with Gasteiger partial charge in [0.15, 0.2) is 5.79 Å². The van der Waals surface area contributed by atoms with E-state index in [1.807, 2.05) is 6.07 Å². The summed E-state index contributed by atoms with van der Waals surface area (Å²) < 4.78 is 17.8. The maximum Gasteiger partial charge on any atom is 0.170 e. The van der Waals surface area contributed by atoms with E-state index in [1.54, 1.807) is 0 Å². The summed E-state index contributed by atoms with van der Waals surface area (Å²) in [5.74, 6) is -0.349. The molecule has 3 heteroatoms. The van der Waals surface area contributed by atoms with Gasteiger partial charge in [0, 0.05) is 12.8 Å². The highest BCUT2D eigenvalue weighted by Crippen LogP contribution is 2.35. The standard InChI is InChI=1S/C16H22O3/c1-2-6-14(7-3-1)13-17-15-8-11-19-16(12-15)9-4-5-10-18-16/h1-3,6-7,15H,4-5,8-13H2/t15-,16-/m1/s1. The molecule has 0 bridgehead atoms. The molecule has 0 aliphatic carbocycles. The van der Waals surface area contributed by atoms with E-state index in [1.165, 1.54) is 12.0 Å². The first-order valence-electron chi connectivity index (χ1n) is 7.30. The molecule has 0 amide bonds. The molecule has 2 fully saturated rings. The predicted octanol–water partition coefficient (Wildman–Crippen LogP) is 3.28. The number of rotatable bonds is 3. The van der Waals surface area contributed by atoms with Crippen LogP contribution in [0.4, 0.5) is 0 Å². The lowest BCUT2D eigenvalue weighted by Gasteiger charge is -2.42. The third kappa shape index (κ3) is 3.35. The minimum Gasteiger partial charge on any atom is -0.373 e. The number of hydrogen-bond acceptors (Lipinski definition) is 3. The normalized spacial score (nSPS) is 31.5. The topological polar surface area (TPSA) is 27.7 Å². The minimum absolute atomic E-state index is 0.257. The molecular formula is C16H22O3. The first-order valence-corrected chi connectivity index (χ1v) is 7.30. The summed E-state index contributed by atoms with van der Waals surface area (Å²) in [7, 11) is 0. The largest absolute Gasteiger partial charge is 0.373 e. The zero-order valence-electron chi connectivity index (χ0n) is 11.3. The number of ether oxygens (including phenoxy) is 3. The average molecular weight is 262 g/mol. The fourth-order valence-electron chi connectivity index (χ4n) is 2.92. The van der Waals surface area contributed by atoms with Gasteiger partial charge in [-0.2, -0.15) is 0 Å². The Morgan fingerprint density at radius 1 is 1.11 bits per heavy atom.